The van der Waals surface area contributed by atoms with Crippen molar-refractivity contribution in [2.45, 2.75) is 13.1 Å². The molecule has 174 valence electrons. The second kappa shape index (κ2) is 9.17. The quantitative estimate of drug-likeness (QED) is 0.513. The molecule has 0 aliphatic carbocycles. The molecule has 1 aliphatic heterocycles. The summed E-state index contributed by atoms with van der Waals surface area (Å²) in [5, 5.41) is 0.485. The third-order valence-electron chi connectivity index (χ3n) is 5.69. The number of hydrogen-bond acceptors (Lipinski definition) is 6. The van der Waals surface area contributed by atoms with Crippen LogP contribution in [0.3, 0.4) is 0 Å². The molecule has 1 aliphatic rings. The van der Waals surface area contributed by atoms with Gasteiger partial charge in [-0.2, -0.15) is 13.2 Å². The van der Waals surface area contributed by atoms with Gasteiger partial charge in [0, 0.05) is 37.8 Å². The number of para-hydroxylation sites is 2. The summed E-state index contributed by atoms with van der Waals surface area (Å²) in [4.78, 5) is 21.0. The topological polar surface area (TPSA) is 54.9 Å². The fraction of sp³-hybridized carbons (Fsp3) is 0.333. The number of piperazine rings is 1. The Labute approximate surface area is 189 Å². The van der Waals surface area contributed by atoms with Gasteiger partial charge in [0.15, 0.2) is 0 Å². The van der Waals surface area contributed by atoms with E-state index in [0.29, 0.717) is 37.3 Å². The van der Waals surface area contributed by atoms with E-state index in [-0.39, 0.29) is 17.7 Å². The van der Waals surface area contributed by atoms with Crippen LogP contribution in [0.2, 0.25) is 0 Å². The first-order valence-corrected chi connectivity index (χ1v) is 10.6. The molecule has 0 bridgehead atoms. The van der Waals surface area contributed by atoms with Gasteiger partial charge >= 0.3 is 12.1 Å². The van der Waals surface area contributed by atoms with Crippen LogP contribution in [-0.2, 0) is 10.9 Å². The van der Waals surface area contributed by atoms with E-state index in [4.69, 9.17) is 9.47 Å². The molecule has 0 saturated carbocycles. The Hall–Kier alpha value is -3.49. The molecule has 0 unspecified atom stereocenters. The van der Waals surface area contributed by atoms with Crippen LogP contribution in [0.5, 0.6) is 5.75 Å². The lowest BCUT2D eigenvalue weighted by atomic mass is 10.0. The molecule has 2 heterocycles. The number of ether oxygens (including phenoxy) is 2. The minimum Gasteiger partial charge on any atom is -0.495 e. The number of carbonyl (C=O) groups is 1. The summed E-state index contributed by atoms with van der Waals surface area (Å²) in [7, 11) is 1.62. The van der Waals surface area contributed by atoms with Crippen molar-refractivity contribution in [1.82, 2.24) is 4.98 Å². The fourth-order valence-electron chi connectivity index (χ4n) is 4.12. The standard InChI is InChI=1S/C24H24F3N3O3/c1-3-33-23(31)18-15-28-19-14-16(24(25,26)27)8-9-17(19)22(18)30-12-10-29(11-13-30)20-6-4-5-7-21(20)32-2/h4-9,14-15H,3,10-13H2,1-2H3. The van der Waals surface area contributed by atoms with Gasteiger partial charge in [-0.1, -0.05) is 18.2 Å². The molecule has 4 rings (SSSR count). The van der Waals surface area contributed by atoms with Crippen LogP contribution in [0.4, 0.5) is 24.5 Å². The molecular weight excluding hydrogens is 435 g/mol. The molecule has 2 aromatic carbocycles. The lowest BCUT2D eigenvalue weighted by Crippen LogP contribution is -2.47. The number of hydrogen-bond donors (Lipinski definition) is 0. The van der Waals surface area contributed by atoms with Crippen molar-refractivity contribution in [2.24, 2.45) is 0 Å². The number of pyridine rings is 1. The van der Waals surface area contributed by atoms with Gasteiger partial charge in [0.1, 0.15) is 11.3 Å². The fourth-order valence-corrected chi connectivity index (χ4v) is 4.12. The summed E-state index contributed by atoms with van der Waals surface area (Å²) in [6.07, 6.45) is -3.17. The first-order chi connectivity index (χ1) is 15.8. The molecule has 1 saturated heterocycles. The number of aromatic nitrogens is 1. The molecule has 0 amide bonds. The smallest absolute Gasteiger partial charge is 0.416 e. The Kier molecular flexibility index (Phi) is 6.31. The Balaban J connectivity index is 1.70. The van der Waals surface area contributed by atoms with Crippen molar-refractivity contribution >= 4 is 28.2 Å². The van der Waals surface area contributed by atoms with E-state index in [0.717, 1.165) is 23.6 Å². The normalized spacial score (nSPS) is 14.5. The van der Waals surface area contributed by atoms with Gasteiger partial charge in [0.05, 0.1) is 36.2 Å². The third-order valence-corrected chi connectivity index (χ3v) is 5.69. The van der Waals surface area contributed by atoms with Crippen LogP contribution >= 0.6 is 0 Å². The summed E-state index contributed by atoms with van der Waals surface area (Å²) in [6, 6.07) is 11.1. The van der Waals surface area contributed by atoms with Gasteiger partial charge in [-0.05, 0) is 31.2 Å². The molecule has 0 atom stereocenters. The van der Waals surface area contributed by atoms with Crippen molar-refractivity contribution in [3.05, 3.63) is 59.8 Å². The van der Waals surface area contributed by atoms with Gasteiger partial charge in [-0.25, -0.2) is 4.79 Å². The maximum atomic E-state index is 13.2. The molecule has 1 aromatic heterocycles. The van der Waals surface area contributed by atoms with Crippen molar-refractivity contribution in [2.75, 3.05) is 49.7 Å². The van der Waals surface area contributed by atoms with E-state index in [9.17, 15) is 18.0 Å². The summed E-state index contributed by atoms with van der Waals surface area (Å²) >= 11 is 0. The Morgan fingerprint density at radius 1 is 1.06 bits per heavy atom. The van der Waals surface area contributed by atoms with Crippen molar-refractivity contribution in [3.63, 3.8) is 0 Å². The maximum absolute atomic E-state index is 13.2. The number of carbonyl (C=O) groups excluding carboxylic acids is 1. The zero-order valence-electron chi connectivity index (χ0n) is 18.4. The Bertz CT molecular complexity index is 1160. The number of anilines is 2. The summed E-state index contributed by atoms with van der Waals surface area (Å²) in [5.41, 5.74) is 1.17. The SMILES string of the molecule is CCOC(=O)c1cnc2cc(C(F)(F)F)ccc2c1N1CCN(c2ccccc2OC)CC1. The number of esters is 1. The minimum atomic E-state index is -4.48. The lowest BCUT2D eigenvalue weighted by Gasteiger charge is -2.38. The predicted octanol–water partition coefficient (Wildman–Crippen LogP) is 4.77. The van der Waals surface area contributed by atoms with E-state index >= 15 is 0 Å². The average Bonchev–Trinajstić information content (AvgIpc) is 2.82. The number of rotatable bonds is 5. The maximum Gasteiger partial charge on any atom is 0.416 e. The Morgan fingerprint density at radius 3 is 2.42 bits per heavy atom. The predicted molar refractivity (Wildman–Crippen MR) is 120 cm³/mol. The highest BCUT2D eigenvalue weighted by Gasteiger charge is 2.32. The second-order valence-electron chi connectivity index (χ2n) is 7.62. The van der Waals surface area contributed by atoms with Gasteiger partial charge in [-0.3, -0.25) is 4.98 Å². The third kappa shape index (κ3) is 4.53. The van der Waals surface area contributed by atoms with Crippen molar-refractivity contribution in [1.29, 1.82) is 0 Å². The summed E-state index contributed by atoms with van der Waals surface area (Å²) in [6.45, 7) is 4.30. The molecule has 0 spiro atoms. The van der Waals surface area contributed by atoms with E-state index in [1.54, 1.807) is 14.0 Å². The first-order valence-electron chi connectivity index (χ1n) is 10.6. The number of fused-ring (bicyclic) bond motifs is 1. The Morgan fingerprint density at radius 2 is 1.76 bits per heavy atom. The highest BCUT2D eigenvalue weighted by atomic mass is 19.4. The zero-order chi connectivity index (χ0) is 23.6. The highest BCUT2D eigenvalue weighted by molar-refractivity contribution is 6.05. The van der Waals surface area contributed by atoms with Crippen LogP contribution in [0.25, 0.3) is 10.9 Å². The monoisotopic (exact) mass is 459 g/mol. The summed E-state index contributed by atoms with van der Waals surface area (Å²) < 4.78 is 50.3. The molecule has 9 heteroatoms. The van der Waals surface area contributed by atoms with Crippen LogP contribution < -0.4 is 14.5 Å². The van der Waals surface area contributed by atoms with E-state index in [1.807, 2.05) is 29.2 Å². The molecule has 0 N–H and O–H groups in total. The van der Waals surface area contributed by atoms with Crippen LogP contribution in [0.15, 0.2) is 48.7 Å². The largest absolute Gasteiger partial charge is 0.495 e. The van der Waals surface area contributed by atoms with E-state index in [1.165, 1.54) is 12.3 Å². The number of benzene rings is 2. The lowest BCUT2D eigenvalue weighted by molar-refractivity contribution is -0.137. The van der Waals surface area contributed by atoms with Crippen LogP contribution in [-0.4, -0.2) is 50.8 Å². The molecule has 0 radical (unpaired) electrons. The number of halogens is 3. The molecule has 3 aromatic rings. The van der Waals surface area contributed by atoms with Crippen LogP contribution in [0.1, 0.15) is 22.8 Å². The number of nitrogens with zero attached hydrogens (tertiary/aromatic N) is 3. The van der Waals surface area contributed by atoms with Gasteiger partial charge in [0.25, 0.3) is 0 Å². The zero-order valence-corrected chi connectivity index (χ0v) is 18.4. The average molecular weight is 459 g/mol. The van der Waals surface area contributed by atoms with Crippen molar-refractivity contribution < 1.29 is 27.4 Å². The highest BCUT2D eigenvalue weighted by Crippen LogP contribution is 2.36. The second-order valence-corrected chi connectivity index (χ2v) is 7.62. The molecule has 1 fully saturated rings. The molecule has 6 nitrogen and oxygen atoms in total. The van der Waals surface area contributed by atoms with Gasteiger partial charge in [0.2, 0.25) is 0 Å². The van der Waals surface area contributed by atoms with E-state index in [2.05, 4.69) is 9.88 Å². The summed E-state index contributed by atoms with van der Waals surface area (Å²) in [5.74, 6) is 0.223. The molecular formula is C24H24F3N3O3. The minimum absolute atomic E-state index is 0.181. The van der Waals surface area contributed by atoms with Gasteiger partial charge < -0.3 is 19.3 Å². The van der Waals surface area contributed by atoms with Gasteiger partial charge in [-0.15, -0.1) is 0 Å². The number of alkyl halides is 3. The van der Waals surface area contributed by atoms with E-state index < -0.39 is 17.7 Å². The first kappa shape index (κ1) is 22.7. The number of methoxy groups -OCH3 is 1. The van der Waals surface area contributed by atoms with Crippen molar-refractivity contribution in [3.8, 4) is 5.75 Å². The van der Waals surface area contributed by atoms with Crippen LogP contribution in [0, 0.1) is 0 Å². The molecule has 33 heavy (non-hydrogen) atoms.